The van der Waals surface area contributed by atoms with Gasteiger partial charge in [-0.25, -0.2) is 0 Å². The van der Waals surface area contributed by atoms with Gasteiger partial charge >= 0.3 is 0 Å². The van der Waals surface area contributed by atoms with Crippen molar-refractivity contribution in [3.8, 4) is 11.3 Å². The van der Waals surface area contributed by atoms with Crippen molar-refractivity contribution in [1.29, 1.82) is 0 Å². The van der Waals surface area contributed by atoms with Gasteiger partial charge in [0.2, 0.25) is 0 Å². The average molecular weight is 242 g/mol. The Morgan fingerprint density at radius 2 is 1.89 bits per heavy atom. The highest BCUT2D eigenvalue weighted by Gasteiger charge is 2.06. The van der Waals surface area contributed by atoms with E-state index in [-0.39, 0.29) is 12.1 Å². The normalized spacial score (nSPS) is 10.6. The summed E-state index contributed by atoms with van der Waals surface area (Å²) < 4.78 is 0. The second-order valence-corrected chi connectivity index (χ2v) is 4.44. The van der Waals surface area contributed by atoms with Gasteiger partial charge in [0.1, 0.15) is 0 Å². The molecule has 0 radical (unpaired) electrons. The maximum atomic E-state index is 11.8. The second-order valence-electron chi connectivity index (χ2n) is 4.44. The van der Waals surface area contributed by atoms with Gasteiger partial charge in [-0.05, 0) is 36.1 Å². The number of benzene rings is 1. The average Bonchev–Trinajstić information content (AvgIpc) is 2.41. The molecule has 0 fully saturated rings. The minimum atomic E-state index is -0.0994. The SMILES string of the molecule is CCc1ccc(-c2[nH]c(=O)c(CN)cc2C)cc1. The van der Waals surface area contributed by atoms with Crippen LogP contribution in [0.1, 0.15) is 23.6 Å². The van der Waals surface area contributed by atoms with E-state index in [1.54, 1.807) is 0 Å². The van der Waals surface area contributed by atoms with Gasteiger partial charge in [0.05, 0.1) is 5.69 Å². The Hall–Kier alpha value is -1.87. The Kier molecular flexibility index (Phi) is 3.63. The van der Waals surface area contributed by atoms with Crippen LogP contribution in [0.4, 0.5) is 0 Å². The van der Waals surface area contributed by atoms with E-state index < -0.39 is 0 Å². The molecular formula is C15H18N2O. The van der Waals surface area contributed by atoms with Crippen LogP contribution in [0.25, 0.3) is 11.3 Å². The van der Waals surface area contributed by atoms with Crippen LogP contribution in [-0.4, -0.2) is 4.98 Å². The number of H-pyrrole nitrogens is 1. The van der Waals surface area contributed by atoms with Gasteiger partial charge in [0.15, 0.2) is 0 Å². The summed E-state index contributed by atoms with van der Waals surface area (Å²) in [4.78, 5) is 14.7. The molecule has 0 spiro atoms. The van der Waals surface area contributed by atoms with Crippen LogP contribution >= 0.6 is 0 Å². The fraction of sp³-hybridized carbons (Fsp3) is 0.267. The minimum absolute atomic E-state index is 0.0994. The number of hydrogen-bond acceptors (Lipinski definition) is 2. The first-order valence-corrected chi connectivity index (χ1v) is 6.18. The van der Waals surface area contributed by atoms with Crippen molar-refractivity contribution in [2.24, 2.45) is 5.73 Å². The van der Waals surface area contributed by atoms with Crippen molar-refractivity contribution in [2.45, 2.75) is 26.8 Å². The molecule has 1 aromatic carbocycles. The highest BCUT2D eigenvalue weighted by Crippen LogP contribution is 2.20. The number of aromatic nitrogens is 1. The molecule has 0 aliphatic heterocycles. The fourth-order valence-electron chi connectivity index (χ4n) is 2.05. The first-order valence-electron chi connectivity index (χ1n) is 6.18. The van der Waals surface area contributed by atoms with Gasteiger partial charge in [-0.15, -0.1) is 0 Å². The second kappa shape index (κ2) is 5.19. The standard InChI is InChI=1S/C15H18N2O/c1-3-11-4-6-12(7-5-11)14-10(2)8-13(9-16)15(18)17-14/h4-8H,3,9,16H2,1-2H3,(H,17,18). The Labute approximate surface area is 107 Å². The van der Waals surface area contributed by atoms with Crippen LogP contribution in [0.15, 0.2) is 35.1 Å². The first-order chi connectivity index (χ1) is 8.65. The minimum Gasteiger partial charge on any atom is -0.326 e. The molecule has 0 unspecified atom stereocenters. The lowest BCUT2D eigenvalue weighted by atomic mass is 10.0. The zero-order valence-electron chi connectivity index (χ0n) is 10.8. The molecule has 0 aliphatic rings. The molecule has 94 valence electrons. The lowest BCUT2D eigenvalue weighted by Crippen LogP contribution is -2.17. The summed E-state index contributed by atoms with van der Waals surface area (Å²) in [7, 11) is 0. The Balaban J connectivity index is 2.50. The molecule has 3 N–H and O–H groups in total. The first kappa shape index (κ1) is 12.6. The van der Waals surface area contributed by atoms with E-state index in [0.717, 1.165) is 23.2 Å². The molecule has 0 bridgehead atoms. The van der Waals surface area contributed by atoms with Crippen LogP contribution in [0.5, 0.6) is 0 Å². The molecule has 3 heteroatoms. The summed E-state index contributed by atoms with van der Waals surface area (Å²) in [5.41, 5.74) is 10.3. The van der Waals surface area contributed by atoms with E-state index in [1.165, 1.54) is 5.56 Å². The van der Waals surface area contributed by atoms with Crippen LogP contribution in [0.2, 0.25) is 0 Å². The molecule has 0 atom stereocenters. The summed E-state index contributed by atoms with van der Waals surface area (Å²) in [6.45, 7) is 4.38. The molecule has 2 rings (SSSR count). The van der Waals surface area contributed by atoms with Gasteiger partial charge in [0.25, 0.3) is 5.56 Å². The lowest BCUT2D eigenvalue weighted by Gasteiger charge is -2.08. The van der Waals surface area contributed by atoms with E-state index in [2.05, 4.69) is 24.0 Å². The van der Waals surface area contributed by atoms with Gasteiger partial charge < -0.3 is 10.7 Å². The van der Waals surface area contributed by atoms with E-state index in [4.69, 9.17) is 5.73 Å². The maximum Gasteiger partial charge on any atom is 0.252 e. The third-order valence-corrected chi connectivity index (χ3v) is 3.19. The molecule has 2 aromatic rings. The molecule has 1 heterocycles. The predicted molar refractivity (Wildman–Crippen MR) is 74.5 cm³/mol. The summed E-state index contributed by atoms with van der Waals surface area (Å²) in [5, 5.41) is 0. The highest BCUT2D eigenvalue weighted by atomic mass is 16.1. The van der Waals surface area contributed by atoms with Crippen molar-refractivity contribution >= 4 is 0 Å². The zero-order chi connectivity index (χ0) is 13.1. The molecule has 18 heavy (non-hydrogen) atoms. The molecule has 0 saturated heterocycles. The summed E-state index contributed by atoms with van der Waals surface area (Å²) in [6, 6.07) is 10.1. The van der Waals surface area contributed by atoms with E-state index in [1.807, 2.05) is 25.1 Å². The van der Waals surface area contributed by atoms with Crippen LogP contribution in [0.3, 0.4) is 0 Å². The number of nitrogens with one attached hydrogen (secondary N) is 1. The van der Waals surface area contributed by atoms with Gasteiger partial charge in [-0.1, -0.05) is 31.2 Å². The summed E-state index contributed by atoms with van der Waals surface area (Å²) >= 11 is 0. The van der Waals surface area contributed by atoms with E-state index >= 15 is 0 Å². The summed E-state index contributed by atoms with van der Waals surface area (Å²) in [6.07, 6.45) is 1.02. The third-order valence-electron chi connectivity index (χ3n) is 3.19. The Bertz CT molecular complexity index is 597. The highest BCUT2D eigenvalue weighted by molar-refractivity contribution is 5.63. The monoisotopic (exact) mass is 242 g/mol. The Morgan fingerprint density at radius 1 is 1.22 bits per heavy atom. The number of aryl methyl sites for hydroxylation is 2. The van der Waals surface area contributed by atoms with Crippen LogP contribution in [-0.2, 0) is 13.0 Å². The lowest BCUT2D eigenvalue weighted by molar-refractivity contribution is 1.01. The van der Waals surface area contributed by atoms with E-state index in [9.17, 15) is 4.79 Å². The largest absolute Gasteiger partial charge is 0.326 e. The van der Waals surface area contributed by atoms with E-state index in [0.29, 0.717) is 5.56 Å². The number of aromatic amines is 1. The van der Waals surface area contributed by atoms with Crippen molar-refractivity contribution in [3.05, 3.63) is 57.4 Å². The predicted octanol–water partition coefficient (Wildman–Crippen LogP) is 2.37. The molecule has 0 saturated carbocycles. The van der Waals surface area contributed by atoms with Crippen molar-refractivity contribution in [1.82, 2.24) is 4.98 Å². The van der Waals surface area contributed by atoms with Crippen molar-refractivity contribution in [3.63, 3.8) is 0 Å². The molecule has 1 aromatic heterocycles. The quantitative estimate of drug-likeness (QED) is 0.868. The third kappa shape index (κ3) is 2.36. The van der Waals surface area contributed by atoms with Crippen LogP contribution in [0, 0.1) is 6.92 Å². The maximum absolute atomic E-state index is 11.8. The number of rotatable bonds is 3. The van der Waals surface area contributed by atoms with Gasteiger partial charge in [0, 0.05) is 12.1 Å². The number of nitrogens with two attached hydrogens (primary N) is 1. The summed E-state index contributed by atoms with van der Waals surface area (Å²) in [5.74, 6) is 0. The van der Waals surface area contributed by atoms with Crippen molar-refractivity contribution < 1.29 is 0 Å². The van der Waals surface area contributed by atoms with Crippen molar-refractivity contribution in [2.75, 3.05) is 0 Å². The Morgan fingerprint density at radius 3 is 2.44 bits per heavy atom. The zero-order valence-corrected chi connectivity index (χ0v) is 10.8. The molecule has 0 aliphatic carbocycles. The molecule has 0 amide bonds. The fourth-order valence-corrected chi connectivity index (χ4v) is 2.05. The number of hydrogen-bond donors (Lipinski definition) is 2. The molecular weight excluding hydrogens is 224 g/mol. The van der Waals surface area contributed by atoms with Gasteiger partial charge in [-0.3, -0.25) is 4.79 Å². The smallest absolute Gasteiger partial charge is 0.252 e. The number of pyridine rings is 1. The van der Waals surface area contributed by atoms with Gasteiger partial charge in [-0.2, -0.15) is 0 Å². The van der Waals surface area contributed by atoms with Crippen LogP contribution < -0.4 is 11.3 Å². The topological polar surface area (TPSA) is 58.9 Å². The molecule has 3 nitrogen and oxygen atoms in total.